The zero-order chi connectivity index (χ0) is 18.9. The molecule has 2 aliphatic heterocycles. The molecule has 9 heteroatoms. The van der Waals surface area contributed by atoms with Gasteiger partial charge in [0.1, 0.15) is 12.2 Å². The predicted molar refractivity (Wildman–Crippen MR) is 98.5 cm³/mol. The van der Waals surface area contributed by atoms with Crippen molar-refractivity contribution in [2.45, 2.75) is 43.9 Å². The normalized spacial score (nSPS) is 35.3. The van der Waals surface area contributed by atoms with Gasteiger partial charge in [-0.15, -0.1) is 0 Å². The van der Waals surface area contributed by atoms with Crippen LogP contribution >= 0.6 is 0 Å². The lowest BCUT2D eigenvalue weighted by atomic mass is 9.53. The molecule has 1 spiro atoms. The molecule has 1 fully saturated rings. The summed E-state index contributed by atoms with van der Waals surface area (Å²) in [5.41, 5.74) is 2.29. The highest BCUT2D eigenvalue weighted by Gasteiger charge is 2.64. The van der Waals surface area contributed by atoms with Gasteiger partial charge in [-0.3, -0.25) is 9.11 Å². The number of likely N-dealkylation sites (tertiary alicyclic amines) is 1. The standard InChI is InChI=1S/C17H19NO3.CH4.H2O4S/c1-18-7-6-17-10-3-5-13(20)16(17)21-15-12(19)4-2-9(14(15)17)8-11(10)18;;1-5(2,3)4/h2-5,10-11,13,16,19-20H,6-8H2,1H3;1H4;(H2,1,2,3,4)/t10-,11+,13-,16-,17-;;/m0../s1. The minimum Gasteiger partial charge on any atom is -0.504 e. The van der Waals surface area contributed by atoms with Crippen LogP contribution < -0.4 is 4.74 Å². The van der Waals surface area contributed by atoms with E-state index in [0.29, 0.717) is 17.7 Å². The molecule has 2 aliphatic carbocycles. The first-order valence-electron chi connectivity index (χ1n) is 8.41. The largest absolute Gasteiger partial charge is 0.504 e. The van der Waals surface area contributed by atoms with E-state index < -0.39 is 16.5 Å². The molecule has 4 N–H and O–H groups in total. The van der Waals surface area contributed by atoms with Crippen LogP contribution in [0.4, 0.5) is 0 Å². The maximum absolute atomic E-state index is 10.4. The molecular weight excluding hydrogens is 374 g/mol. The maximum Gasteiger partial charge on any atom is 0.394 e. The Morgan fingerprint density at radius 3 is 2.59 bits per heavy atom. The summed E-state index contributed by atoms with van der Waals surface area (Å²) in [7, 11) is -2.48. The van der Waals surface area contributed by atoms with Gasteiger partial charge < -0.3 is 19.8 Å². The first-order valence-corrected chi connectivity index (χ1v) is 9.81. The lowest BCUT2D eigenvalue weighted by Gasteiger charge is -2.56. The van der Waals surface area contributed by atoms with Crippen LogP contribution in [-0.4, -0.2) is 64.5 Å². The Labute approximate surface area is 158 Å². The van der Waals surface area contributed by atoms with Crippen molar-refractivity contribution in [2.75, 3.05) is 13.6 Å². The van der Waals surface area contributed by atoms with E-state index in [4.69, 9.17) is 22.3 Å². The molecule has 1 aromatic carbocycles. The van der Waals surface area contributed by atoms with Gasteiger partial charge in [0.2, 0.25) is 0 Å². The molecule has 5 rings (SSSR count). The number of likely N-dealkylation sites (N-methyl/N-ethyl adjacent to an activating group) is 1. The summed E-state index contributed by atoms with van der Waals surface area (Å²) >= 11 is 0. The van der Waals surface area contributed by atoms with Crippen molar-refractivity contribution in [1.29, 1.82) is 0 Å². The molecule has 0 aromatic heterocycles. The summed E-state index contributed by atoms with van der Waals surface area (Å²) in [5.74, 6) is 1.19. The van der Waals surface area contributed by atoms with Crippen LogP contribution in [0.5, 0.6) is 11.5 Å². The number of hydrogen-bond donors (Lipinski definition) is 4. The monoisotopic (exact) mass is 399 g/mol. The van der Waals surface area contributed by atoms with E-state index in [2.05, 4.69) is 18.0 Å². The Morgan fingerprint density at radius 1 is 1.26 bits per heavy atom. The van der Waals surface area contributed by atoms with Crippen molar-refractivity contribution < 1.29 is 32.5 Å². The van der Waals surface area contributed by atoms with E-state index >= 15 is 0 Å². The zero-order valence-corrected chi connectivity index (χ0v) is 14.9. The molecule has 150 valence electrons. The number of aliphatic hydroxyl groups is 1. The maximum atomic E-state index is 10.4. The predicted octanol–water partition coefficient (Wildman–Crippen LogP) is 1.18. The van der Waals surface area contributed by atoms with Gasteiger partial charge >= 0.3 is 10.4 Å². The first-order chi connectivity index (χ1) is 12.1. The number of rotatable bonds is 0. The van der Waals surface area contributed by atoms with Crippen molar-refractivity contribution in [2.24, 2.45) is 5.92 Å². The fraction of sp³-hybridized carbons (Fsp3) is 0.556. The number of phenolic OH excluding ortho intramolecular Hbond substituents is 1. The van der Waals surface area contributed by atoms with Crippen molar-refractivity contribution in [3.05, 3.63) is 35.4 Å². The Balaban J connectivity index is 0.000000315. The van der Waals surface area contributed by atoms with Gasteiger partial charge in [-0.2, -0.15) is 8.42 Å². The number of ether oxygens (including phenoxy) is 1. The highest BCUT2D eigenvalue weighted by molar-refractivity contribution is 7.79. The molecule has 1 aromatic rings. The van der Waals surface area contributed by atoms with Crippen molar-refractivity contribution in [3.63, 3.8) is 0 Å². The summed E-state index contributed by atoms with van der Waals surface area (Å²) in [6, 6.07) is 4.23. The Bertz CT molecular complexity index is 876. The number of phenols is 1. The van der Waals surface area contributed by atoms with Crippen LogP contribution in [0.1, 0.15) is 25.0 Å². The van der Waals surface area contributed by atoms with E-state index in [1.165, 1.54) is 11.1 Å². The van der Waals surface area contributed by atoms with Crippen molar-refractivity contribution in [3.8, 4) is 11.5 Å². The van der Waals surface area contributed by atoms with Crippen LogP contribution in [0.25, 0.3) is 0 Å². The third-order valence-electron chi connectivity index (χ3n) is 6.15. The SMILES string of the molecule is C.CN1CC[C@]23c4c5ccc(O)c4O[C@H]2[C@@H](O)C=C[C@H]3[C@H]1C5.O=S(=O)(O)O. The highest BCUT2D eigenvalue weighted by atomic mass is 32.3. The lowest BCUT2D eigenvalue weighted by Crippen LogP contribution is -2.64. The van der Waals surface area contributed by atoms with E-state index in [0.717, 1.165) is 19.4 Å². The number of benzene rings is 1. The average molecular weight is 399 g/mol. The van der Waals surface area contributed by atoms with Gasteiger partial charge in [0, 0.05) is 22.9 Å². The van der Waals surface area contributed by atoms with Gasteiger partial charge in [-0.1, -0.05) is 25.6 Å². The van der Waals surface area contributed by atoms with Gasteiger partial charge in [0.25, 0.3) is 0 Å². The summed E-state index contributed by atoms with van der Waals surface area (Å²) in [6.45, 7) is 1.01. The minimum atomic E-state index is -4.67. The van der Waals surface area contributed by atoms with Gasteiger partial charge in [0.05, 0.1) is 0 Å². The van der Waals surface area contributed by atoms with Crippen LogP contribution in [0.3, 0.4) is 0 Å². The molecule has 2 bridgehead atoms. The number of piperidine rings is 1. The van der Waals surface area contributed by atoms with Gasteiger partial charge in [-0.25, -0.2) is 0 Å². The molecule has 5 atom stereocenters. The van der Waals surface area contributed by atoms with E-state index in [1.807, 2.05) is 12.1 Å². The fourth-order valence-corrected chi connectivity index (χ4v) is 5.24. The second-order valence-electron chi connectivity index (χ2n) is 7.38. The molecule has 0 unspecified atom stereocenters. The fourth-order valence-electron chi connectivity index (χ4n) is 5.24. The quantitative estimate of drug-likeness (QED) is 0.378. The first kappa shape index (κ1) is 20.1. The Hall–Kier alpha value is -1.65. The number of aliphatic hydroxyl groups excluding tert-OH is 1. The molecule has 1 saturated heterocycles. The minimum absolute atomic E-state index is 0. The zero-order valence-electron chi connectivity index (χ0n) is 14.1. The summed E-state index contributed by atoms with van der Waals surface area (Å²) in [6.07, 6.45) is 5.18. The molecule has 0 saturated carbocycles. The molecule has 8 nitrogen and oxygen atoms in total. The van der Waals surface area contributed by atoms with E-state index in [9.17, 15) is 10.2 Å². The van der Waals surface area contributed by atoms with Gasteiger partial charge in [-0.05, 0) is 38.1 Å². The highest BCUT2D eigenvalue weighted by Crippen LogP contribution is 2.62. The van der Waals surface area contributed by atoms with Crippen molar-refractivity contribution >= 4 is 10.4 Å². The third kappa shape index (κ3) is 2.94. The topological polar surface area (TPSA) is 128 Å². The van der Waals surface area contributed by atoms with Crippen LogP contribution in [0, 0.1) is 5.92 Å². The molecule has 0 radical (unpaired) electrons. The summed E-state index contributed by atoms with van der Waals surface area (Å²) in [4.78, 5) is 2.43. The number of aromatic hydroxyl groups is 1. The summed E-state index contributed by atoms with van der Waals surface area (Å²) < 4.78 is 37.7. The lowest BCUT2D eigenvalue weighted by molar-refractivity contribution is -0.0453. The molecular formula is C18H25NO7S. The summed E-state index contributed by atoms with van der Waals surface area (Å²) in [5, 5.41) is 20.6. The van der Waals surface area contributed by atoms with Gasteiger partial charge in [0.15, 0.2) is 11.5 Å². The van der Waals surface area contributed by atoms with Crippen LogP contribution in [0.15, 0.2) is 24.3 Å². The van der Waals surface area contributed by atoms with E-state index in [-0.39, 0.29) is 24.7 Å². The molecule has 4 aliphatic rings. The molecule has 0 amide bonds. The molecule has 27 heavy (non-hydrogen) atoms. The van der Waals surface area contributed by atoms with E-state index in [1.54, 1.807) is 6.07 Å². The van der Waals surface area contributed by atoms with Crippen LogP contribution in [-0.2, 0) is 22.2 Å². The third-order valence-corrected chi connectivity index (χ3v) is 6.15. The Morgan fingerprint density at radius 2 is 1.93 bits per heavy atom. The molecule has 2 heterocycles. The average Bonchev–Trinajstić information content (AvgIpc) is 2.89. The Kier molecular flexibility index (Phi) is 4.80. The van der Waals surface area contributed by atoms with Crippen LogP contribution in [0.2, 0.25) is 0 Å². The second kappa shape index (κ2) is 6.46. The van der Waals surface area contributed by atoms with Crippen molar-refractivity contribution in [1.82, 2.24) is 4.90 Å². The number of hydrogen-bond acceptors (Lipinski definition) is 6. The smallest absolute Gasteiger partial charge is 0.394 e. The second-order valence-corrected chi connectivity index (χ2v) is 8.27. The number of nitrogens with zero attached hydrogens (tertiary/aromatic N) is 1.